The minimum atomic E-state index is -0.172. The molecule has 24 heavy (non-hydrogen) atoms. The molecule has 0 bridgehead atoms. The van der Waals surface area contributed by atoms with E-state index in [1.165, 1.54) is 4.90 Å². The molecule has 0 spiro atoms. The molecule has 0 aromatic carbocycles. The number of piperidine rings is 1. The van der Waals surface area contributed by atoms with Crippen LogP contribution in [0.4, 0.5) is 4.79 Å². The van der Waals surface area contributed by atoms with Gasteiger partial charge in [0.2, 0.25) is 11.8 Å². The molecule has 1 fully saturated rings. The van der Waals surface area contributed by atoms with Gasteiger partial charge in [0.05, 0.1) is 5.92 Å². The summed E-state index contributed by atoms with van der Waals surface area (Å²) in [6.07, 6.45) is 2.10. The van der Waals surface area contributed by atoms with Gasteiger partial charge in [-0.2, -0.15) is 4.98 Å². The van der Waals surface area contributed by atoms with Crippen LogP contribution < -0.4 is 5.32 Å². The van der Waals surface area contributed by atoms with Gasteiger partial charge >= 0.3 is 6.03 Å². The van der Waals surface area contributed by atoms with Crippen molar-refractivity contribution in [2.24, 2.45) is 5.92 Å². The maximum Gasteiger partial charge on any atom is 0.319 e. The maximum absolute atomic E-state index is 12.3. The van der Waals surface area contributed by atoms with Gasteiger partial charge in [0.25, 0.3) is 0 Å². The summed E-state index contributed by atoms with van der Waals surface area (Å²) < 4.78 is 9.99. The second-order valence-corrected chi connectivity index (χ2v) is 6.04. The fourth-order valence-corrected chi connectivity index (χ4v) is 2.66. The molecule has 1 N–H and O–H groups in total. The van der Waals surface area contributed by atoms with Crippen LogP contribution in [0.25, 0.3) is 0 Å². The molecule has 1 unspecified atom stereocenters. The van der Waals surface area contributed by atoms with Gasteiger partial charge in [-0.1, -0.05) is 5.16 Å². The number of aromatic nitrogens is 2. The van der Waals surface area contributed by atoms with Crippen molar-refractivity contribution in [3.63, 3.8) is 0 Å². The fourth-order valence-electron chi connectivity index (χ4n) is 2.66. The number of ether oxygens (including phenoxy) is 1. The Morgan fingerprint density at radius 2 is 2.25 bits per heavy atom. The zero-order valence-electron chi connectivity index (χ0n) is 14.4. The maximum atomic E-state index is 12.3. The number of nitrogens with one attached hydrogen (secondary N) is 1. The third kappa shape index (κ3) is 4.92. The van der Waals surface area contributed by atoms with E-state index in [0.717, 1.165) is 12.8 Å². The first-order valence-electron chi connectivity index (χ1n) is 8.05. The first-order chi connectivity index (χ1) is 11.5. The second-order valence-electron chi connectivity index (χ2n) is 6.04. The molecule has 0 radical (unpaired) electrons. The number of nitrogens with zero attached hydrogens (tertiary/aromatic N) is 4. The van der Waals surface area contributed by atoms with Crippen LogP contribution in [0.15, 0.2) is 4.52 Å². The molecule has 0 saturated carbocycles. The van der Waals surface area contributed by atoms with E-state index in [9.17, 15) is 9.59 Å². The van der Waals surface area contributed by atoms with E-state index in [1.54, 1.807) is 26.1 Å². The quantitative estimate of drug-likeness (QED) is 0.798. The number of urea groups is 1. The normalized spacial score (nSPS) is 17.6. The molecule has 9 nitrogen and oxygen atoms in total. The van der Waals surface area contributed by atoms with Gasteiger partial charge in [0, 0.05) is 47.3 Å². The highest BCUT2D eigenvalue weighted by Gasteiger charge is 2.28. The molecule has 2 rings (SSSR count). The Morgan fingerprint density at radius 1 is 1.46 bits per heavy atom. The largest absolute Gasteiger partial charge is 0.377 e. The summed E-state index contributed by atoms with van der Waals surface area (Å²) in [5, 5.41) is 6.65. The van der Waals surface area contributed by atoms with Gasteiger partial charge in [-0.25, -0.2) is 4.79 Å². The van der Waals surface area contributed by atoms with Crippen LogP contribution in [0, 0.1) is 5.92 Å². The number of likely N-dealkylation sites (tertiary alicyclic amines) is 1. The highest BCUT2D eigenvalue weighted by atomic mass is 16.5. The molecule has 1 atom stereocenters. The van der Waals surface area contributed by atoms with Crippen molar-refractivity contribution in [2.45, 2.75) is 25.9 Å². The first kappa shape index (κ1) is 18.2. The van der Waals surface area contributed by atoms with Crippen LogP contribution in [0.5, 0.6) is 0 Å². The molecule has 134 valence electrons. The molecule has 1 aromatic heterocycles. The van der Waals surface area contributed by atoms with Crippen molar-refractivity contribution in [2.75, 3.05) is 40.8 Å². The van der Waals surface area contributed by atoms with Crippen LogP contribution in [-0.4, -0.2) is 72.7 Å². The van der Waals surface area contributed by atoms with Crippen molar-refractivity contribution < 1.29 is 18.8 Å². The average molecular weight is 339 g/mol. The van der Waals surface area contributed by atoms with Crippen LogP contribution >= 0.6 is 0 Å². The molecular weight excluding hydrogens is 314 g/mol. The molecule has 1 aromatic rings. The monoisotopic (exact) mass is 339 g/mol. The number of methoxy groups -OCH3 is 1. The van der Waals surface area contributed by atoms with Gasteiger partial charge < -0.3 is 24.4 Å². The summed E-state index contributed by atoms with van der Waals surface area (Å²) >= 11 is 0. The first-order valence-corrected chi connectivity index (χ1v) is 8.05. The molecule has 0 aliphatic carbocycles. The Hall–Kier alpha value is -2.16. The predicted octanol–water partition coefficient (Wildman–Crippen LogP) is 0.268. The molecule has 1 aliphatic rings. The lowest BCUT2D eigenvalue weighted by Gasteiger charge is -2.33. The van der Waals surface area contributed by atoms with Crippen molar-refractivity contribution in [1.29, 1.82) is 0 Å². The van der Waals surface area contributed by atoms with Gasteiger partial charge in [-0.15, -0.1) is 0 Å². The number of carbonyl (C=O) groups is 2. The van der Waals surface area contributed by atoms with Gasteiger partial charge in [-0.3, -0.25) is 4.79 Å². The zero-order valence-corrected chi connectivity index (χ0v) is 14.4. The summed E-state index contributed by atoms with van der Waals surface area (Å²) in [7, 11) is 4.99. The average Bonchev–Trinajstić information content (AvgIpc) is 3.02. The van der Waals surface area contributed by atoms with Crippen LogP contribution in [0.1, 0.15) is 24.6 Å². The SMILES string of the molecule is COCc1noc(CCNC(=O)C2CCCN(C(=O)N(C)C)C2)n1. The van der Waals surface area contributed by atoms with Crippen molar-refractivity contribution in [3.05, 3.63) is 11.7 Å². The summed E-state index contributed by atoms with van der Waals surface area (Å²) in [6, 6.07) is -0.0518. The van der Waals surface area contributed by atoms with E-state index in [-0.39, 0.29) is 17.9 Å². The molecular formula is C15H25N5O4. The highest BCUT2D eigenvalue weighted by molar-refractivity contribution is 5.80. The van der Waals surface area contributed by atoms with E-state index in [0.29, 0.717) is 44.4 Å². The van der Waals surface area contributed by atoms with Crippen LogP contribution in [0.3, 0.4) is 0 Å². The number of hydrogen-bond acceptors (Lipinski definition) is 6. The molecule has 3 amide bonds. The minimum absolute atomic E-state index is 0.0390. The van der Waals surface area contributed by atoms with Crippen molar-refractivity contribution in [1.82, 2.24) is 25.3 Å². The lowest BCUT2D eigenvalue weighted by atomic mass is 9.97. The molecule has 1 saturated heterocycles. The number of carbonyl (C=O) groups excluding carboxylic acids is 2. The third-order valence-electron chi connectivity index (χ3n) is 3.87. The standard InChI is InChI=1S/C15H25N5O4/c1-19(2)15(22)20-8-4-5-11(9-20)14(21)16-7-6-13-17-12(10-23-3)18-24-13/h11H,4-10H2,1-3H3,(H,16,21). The fraction of sp³-hybridized carbons (Fsp3) is 0.733. The van der Waals surface area contributed by atoms with Crippen LogP contribution in [0.2, 0.25) is 0 Å². The zero-order chi connectivity index (χ0) is 17.5. The van der Waals surface area contributed by atoms with E-state index in [4.69, 9.17) is 9.26 Å². The number of hydrogen-bond donors (Lipinski definition) is 1. The lowest BCUT2D eigenvalue weighted by Crippen LogP contribution is -2.48. The Bertz CT molecular complexity index is 560. The Morgan fingerprint density at radius 3 is 2.96 bits per heavy atom. The molecule has 2 heterocycles. The van der Waals surface area contributed by atoms with Gasteiger partial charge in [0.15, 0.2) is 5.82 Å². The minimum Gasteiger partial charge on any atom is -0.377 e. The molecule has 1 aliphatic heterocycles. The Labute approximate surface area is 141 Å². The smallest absolute Gasteiger partial charge is 0.319 e. The van der Waals surface area contributed by atoms with Gasteiger partial charge in [-0.05, 0) is 12.8 Å². The van der Waals surface area contributed by atoms with E-state index in [2.05, 4.69) is 15.5 Å². The highest BCUT2D eigenvalue weighted by Crippen LogP contribution is 2.17. The molecule has 9 heteroatoms. The summed E-state index contributed by atoms with van der Waals surface area (Å²) in [5.41, 5.74) is 0. The van der Waals surface area contributed by atoms with Gasteiger partial charge in [0.1, 0.15) is 6.61 Å². The lowest BCUT2D eigenvalue weighted by molar-refractivity contribution is -0.126. The predicted molar refractivity (Wildman–Crippen MR) is 85.1 cm³/mol. The summed E-state index contributed by atoms with van der Waals surface area (Å²) in [5.74, 6) is 0.747. The summed E-state index contributed by atoms with van der Waals surface area (Å²) in [6.45, 7) is 1.88. The summed E-state index contributed by atoms with van der Waals surface area (Å²) in [4.78, 5) is 31.7. The topological polar surface area (TPSA) is 101 Å². The van der Waals surface area contributed by atoms with E-state index < -0.39 is 0 Å². The Balaban J connectivity index is 1.76. The van der Waals surface area contributed by atoms with Crippen molar-refractivity contribution in [3.8, 4) is 0 Å². The van der Waals surface area contributed by atoms with Crippen molar-refractivity contribution >= 4 is 11.9 Å². The number of amides is 3. The van der Waals surface area contributed by atoms with Crippen LogP contribution in [-0.2, 0) is 22.6 Å². The second kappa shape index (κ2) is 8.62. The Kier molecular flexibility index (Phi) is 6.53. The number of rotatable bonds is 6. The van der Waals surface area contributed by atoms with E-state index >= 15 is 0 Å². The van der Waals surface area contributed by atoms with E-state index in [1.807, 2.05) is 0 Å². The third-order valence-corrected chi connectivity index (χ3v) is 3.87.